The molecular weight excluding hydrogens is 420 g/mol. The summed E-state index contributed by atoms with van der Waals surface area (Å²) in [6.07, 6.45) is 12.7. The lowest BCUT2D eigenvalue weighted by Gasteiger charge is -2.42. The van der Waals surface area contributed by atoms with Gasteiger partial charge < -0.3 is 0 Å². The molecule has 2 aromatic carbocycles. The fourth-order valence-electron chi connectivity index (χ4n) is 7.10. The monoisotopic (exact) mass is 468 g/mol. The minimum Gasteiger partial charge on any atom is -0.0654 e. The molecule has 2 aliphatic rings. The molecule has 35 heavy (non-hydrogen) atoms. The first-order valence-electron chi connectivity index (χ1n) is 14.4. The molecule has 2 aromatic rings. The number of fused-ring (bicyclic) bond motifs is 2. The maximum absolute atomic E-state index is 2.60. The largest absolute Gasteiger partial charge is 0.0654 e. The molecule has 0 aromatic heterocycles. The third-order valence-electron chi connectivity index (χ3n) is 8.74. The summed E-state index contributed by atoms with van der Waals surface area (Å²) in [5.41, 5.74) is 12.7. The van der Waals surface area contributed by atoms with Gasteiger partial charge in [-0.25, -0.2) is 0 Å². The summed E-state index contributed by atoms with van der Waals surface area (Å²) in [6.45, 7) is 19.2. The van der Waals surface area contributed by atoms with Crippen LogP contribution >= 0.6 is 0 Å². The van der Waals surface area contributed by atoms with E-state index in [1.807, 2.05) is 0 Å². The highest BCUT2D eigenvalue weighted by atomic mass is 14.5. The molecule has 0 spiro atoms. The van der Waals surface area contributed by atoms with E-state index in [0.29, 0.717) is 23.7 Å². The van der Waals surface area contributed by atoms with Gasteiger partial charge in [0.25, 0.3) is 0 Å². The van der Waals surface area contributed by atoms with Crippen LogP contribution in [0.2, 0.25) is 0 Å². The van der Waals surface area contributed by atoms with Crippen LogP contribution in [0.3, 0.4) is 0 Å². The average Bonchev–Trinajstić information content (AvgIpc) is 3.39. The first kappa shape index (κ1) is 26.0. The van der Waals surface area contributed by atoms with Crippen LogP contribution in [0, 0.1) is 5.41 Å². The summed E-state index contributed by atoms with van der Waals surface area (Å²) >= 11 is 0. The van der Waals surface area contributed by atoms with E-state index in [-0.39, 0.29) is 5.41 Å². The Kier molecular flexibility index (Phi) is 7.80. The molecular formula is C35H48. The van der Waals surface area contributed by atoms with E-state index in [0.717, 1.165) is 0 Å². The van der Waals surface area contributed by atoms with Gasteiger partial charge in [0.1, 0.15) is 0 Å². The van der Waals surface area contributed by atoms with Gasteiger partial charge in [0.15, 0.2) is 0 Å². The van der Waals surface area contributed by atoms with E-state index in [4.69, 9.17) is 0 Å². The predicted molar refractivity (Wildman–Crippen MR) is 155 cm³/mol. The van der Waals surface area contributed by atoms with Crippen LogP contribution in [0.1, 0.15) is 151 Å². The summed E-state index contributed by atoms with van der Waals surface area (Å²) in [7, 11) is 0. The molecule has 2 unspecified atom stereocenters. The van der Waals surface area contributed by atoms with Gasteiger partial charge >= 0.3 is 0 Å². The lowest BCUT2D eigenvalue weighted by Crippen LogP contribution is -2.31. The molecule has 0 heterocycles. The van der Waals surface area contributed by atoms with Crippen molar-refractivity contribution in [1.82, 2.24) is 0 Å². The van der Waals surface area contributed by atoms with Gasteiger partial charge in [-0.15, -0.1) is 0 Å². The quantitative estimate of drug-likeness (QED) is 0.325. The van der Waals surface area contributed by atoms with E-state index in [2.05, 4.69) is 104 Å². The van der Waals surface area contributed by atoms with Crippen molar-refractivity contribution in [3.05, 3.63) is 80.9 Å². The number of unbranched alkanes of at least 4 members (excludes halogenated alkanes) is 2. The summed E-state index contributed by atoms with van der Waals surface area (Å²) in [5, 5.41) is 0. The van der Waals surface area contributed by atoms with Crippen LogP contribution in [0.4, 0.5) is 0 Å². The van der Waals surface area contributed by atoms with Gasteiger partial charge in [0.05, 0.1) is 0 Å². The first-order valence-corrected chi connectivity index (χ1v) is 14.4. The van der Waals surface area contributed by atoms with E-state index < -0.39 is 0 Å². The van der Waals surface area contributed by atoms with E-state index in [1.165, 1.54) is 60.8 Å². The lowest BCUT2D eigenvalue weighted by atomic mass is 9.61. The van der Waals surface area contributed by atoms with Crippen molar-refractivity contribution in [2.75, 3.05) is 0 Å². The summed E-state index contributed by atoms with van der Waals surface area (Å²) < 4.78 is 0. The molecule has 0 fully saturated rings. The topological polar surface area (TPSA) is 0 Å². The van der Waals surface area contributed by atoms with Gasteiger partial charge in [-0.05, 0) is 76.3 Å². The van der Waals surface area contributed by atoms with Crippen LogP contribution in [0.15, 0.2) is 47.5 Å². The highest BCUT2D eigenvalue weighted by molar-refractivity contribution is 5.74. The minimum atomic E-state index is 0.112. The molecule has 0 N–H and O–H groups in total. The van der Waals surface area contributed by atoms with Crippen LogP contribution in [0.25, 0.3) is 12.2 Å². The molecule has 2 atom stereocenters. The van der Waals surface area contributed by atoms with Crippen LogP contribution in [-0.2, 0) is 0 Å². The third kappa shape index (κ3) is 4.71. The second-order valence-electron chi connectivity index (χ2n) is 12.3. The maximum Gasteiger partial charge on any atom is 0.0118 e. The lowest BCUT2D eigenvalue weighted by molar-refractivity contribution is 0.267. The molecule has 0 nitrogen and oxygen atoms in total. The van der Waals surface area contributed by atoms with Crippen molar-refractivity contribution in [1.29, 1.82) is 0 Å². The third-order valence-corrected chi connectivity index (χ3v) is 8.74. The summed E-state index contributed by atoms with van der Waals surface area (Å²) in [6, 6.07) is 14.2. The zero-order valence-corrected chi connectivity index (χ0v) is 23.7. The summed E-state index contributed by atoms with van der Waals surface area (Å²) in [5.74, 6) is 2.06. The number of benzene rings is 2. The van der Waals surface area contributed by atoms with Gasteiger partial charge in [-0.2, -0.15) is 0 Å². The van der Waals surface area contributed by atoms with Gasteiger partial charge in [-0.1, -0.05) is 128 Å². The van der Waals surface area contributed by atoms with Crippen molar-refractivity contribution >= 4 is 12.2 Å². The number of hydrogen-bond donors (Lipinski definition) is 0. The molecule has 0 radical (unpaired) electrons. The van der Waals surface area contributed by atoms with E-state index in [9.17, 15) is 0 Å². The number of hydrogen-bond acceptors (Lipinski definition) is 0. The molecule has 0 saturated heterocycles. The van der Waals surface area contributed by atoms with Gasteiger partial charge in [-0.3, -0.25) is 0 Å². The molecule has 4 rings (SSSR count). The predicted octanol–water partition coefficient (Wildman–Crippen LogP) is 11.0. The fraction of sp³-hybridized carbons (Fsp3) is 0.543. The van der Waals surface area contributed by atoms with Crippen molar-refractivity contribution in [2.45, 2.75) is 118 Å². The normalized spacial score (nSPS) is 19.3. The zero-order valence-electron chi connectivity index (χ0n) is 23.7. The highest BCUT2D eigenvalue weighted by Crippen LogP contribution is 2.60. The van der Waals surface area contributed by atoms with Crippen LogP contribution in [0.5, 0.6) is 0 Å². The fourth-order valence-corrected chi connectivity index (χ4v) is 7.10. The first-order chi connectivity index (χ1) is 16.7. The van der Waals surface area contributed by atoms with Crippen LogP contribution in [-0.4, -0.2) is 0 Å². The molecule has 0 heteroatoms. The Balaban J connectivity index is 1.86. The molecule has 188 valence electrons. The highest BCUT2D eigenvalue weighted by Gasteiger charge is 2.47. The minimum absolute atomic E-state index is 0.112. The Bertz CT molecular complexity index is 1020. The van der Waals surface area contributed by atoms with Crippen LogP contribution < -0.4 is 0 Å². The second-order valence-corrected chi connectivity index (χ2v) is 12.3. The van der Waals surface area contributed by atoms with Crippen molar-refractivity contribution in [3.63, 3.8) is 0 Å². The van der Waals surface area contributed by atoms with Gasteiger partial charge in [0, 0.05) is 11.8 Å². The smallest absolute Gasteiger partial charge is 0.0118 e. The Morgan fingerprint density at radius 1 is 0.657 bits per heavy atom. The van der Waals surface area contributed by atoms with E-state index in [1.54, 1.807) is 22.3 Å². The van der Waals surface area contributed by atoms with Gasteiger partial charge in [0.2, 0.25) is 0 Å². The molecule has 0 bridgehead atoms. The molecule has 0 aliphatic heterocycles. The Labute approximate surface area is 215 Å². The zero-order chi connectivity index (χ0) is 25.3. The second kappa shape index (κ2) is 10.5. The molecule has 2 aliphatic carbocycles. The molecule has 0 saturated carbocycles. The number of rotatable bonds is 10. The average molecular weight is 469 g/mol. The molecule has 0 amide bonds. The Hall–Kier alpha value is -2.08. The number of allylic oxidation sites excluding steroid dienone is 2. The van der Waals surface area contributed by atoms with Crippen molar-refractivity contribution in [2.24, 2.45) is 5.41 Å². The standard InChI is InChI=1S/C35H48/c1-9-11-15-25-21-31-27(23(3)4)17-13-19-29(31)33(25)35(7,8)34-26(16-12-10-2)22-32-28(24(5)6)18-14-20-30(32)34/h13-14,17-24,33-34H,9-12,15-16H2,1-8H3. The SMILES string of the molecule is CCCCC1=Cc2c(C(C)C)cccc2C1C(C)(C)C1C(CCCC)=Cc2c(C(C)C)cccc21. The van der Waals surface area contributed by atoms with Crippen molar-refractivity contribution in [3.8, 4) is 0 Å². The Morgan fingerprint density at radius 3 is 1.40 bits per heavy atom. The van der Waals surface area contributed by atoms with Crippen molar-refractivity contribution < 1.29 is 0 Å². The van der Waals surface area contributed by atoms with E-state index >= 15 is 0 Å². The Morgan fingerprint density at radius 2 is 1.06 bits per heavy atom. The summed E-state index contributed by atoms with van der Waals surface area (Å²) in [4.78, 5) is 0. The maximum atomic E-state index is 2.60.